The minimum absolute atomic E-state index is 0.0164. The maximum absolute atomic E-state index is 11.6. The Bertz CT molecular complexity index is 330. The Morgan fingerprint density at radius 3 is 2.71 bits per heavy atom. The maximum Gasteiger partial charge on any atom is 0.241 e. The van der Waals surface area contributed by atoms with Crippen molar-refractivity contribution in [1.29, 1.82) is 0 Å². The number of aliphatic hydroxyl groups is 1. The second-order valence-electron chi connectivity index (χ2n) is 3.52. The highest BCUT2D eigenvalue weighted by molar-refractivity contribution is 5.82. The van der Waals surface area contributed by atoms with Gasteiger partial charge in [0.25, 0.3) is 0 Å². The van der Waals surface area contributed by atoms with E-state index in [1.807, 2.05) is 30.3 Å². The number of benzene rings is 1. The maximum atomic E-state index is 11.6. The summed E-state index contributed by atoms with van der Waals surface area (Å²) in [4.78, 5) is 11.6. The Kier molecular flexibility index (Phi) is 6.24. The van der Waals surface area contributed by atoms with Crippen LogP contribution in [0.25, 0.3) is 0 Å². The number of carbonyl (C=O) groups is 1. The van der Waals surface area contributed by atoms with Crippen LogP contribution in [0.3, 0.4) is 0 Å². The lowest BCUT2D eigenvalue weighted by molar-refractivity contribution is -0.122. The van der Waals surface area contributed by atoms with Gasteiger partial charge in [-0.05, 0) is 5.56 Å². The highest BCUT2D eigenvalue weighted by Gasteiger charge is 2.14. The van der Waals surface area contributed by atoms with Crippen molar-refractivity contribution in [3.8, 4) is 0 Å². The largest absolute Gasteiger partial charge is 0.394 e. The van der Waals surface area contributed by atoms with E-state index < -0.39 is 6.04 Å². The molecule has 0 fully saturated rings. The minimum atomic E-state index is -0.658. The third-order valence-electron chi connectivity index (χ3n) is 2.22. The lowest BCUT2D eigenvalue weighted by Gasteiger charge is -2.12. The van der Waals surface area contributed by atoms with E-state index in [1.54, 1.807) is 0 Å². The summed E-state index contributed by atoms with van der Waals surface area (Å²) in [7, 11) is 0. The molecule has 94 valence electrons. The van der Waals surface area contributed by atoms with Gasteiger partial charge >= 0.3 is 0 Å². The molecule has 1 atom stereocenters. The molecule has 0 saturated carbocycles. The molecule has 1 unspecified atom stereocenters. The van der Waals surface area contributed by atoms with Gasteiger partial charge in [0.05, 0.1) is 19.8 Å². The standard InChI is InChI=1S/C12H18N2O3/c13-11(10-4-2-1-3-5-10)12(16)14-6-8-17-9-7-15/h1-5,11,15H,6-9,13H2,(H,14,16). The Morgan fingerprint density at radius 1 is 1.35 bits per heavy atom. The summed E-state index contributed by atoms with van der Waals surface area (Å²) in [6, 6.07) is 8.52. The first-order valence-electron chi connectivity index (χ1n) is 5.52. The molecule has 0 aliphatic carbocycles. The van der Waals surface area contributed by atoms with Gasteiger partial charge in [0, 0.05) is 6.54 Å². The van der Waals surface area contributed by atoms with Crippen molar-refractivity contribution in [2.45, 2.75) is 6.04 Å². The van der Waals surface area contributed by atoms with Crippen molar-refractivity contribution < 1.29 is 14.6 Å². The molecule has 1 aromatic carbocycles. The summed E-state index contributed by atoms with van der Waals surface area (Å²) in [5.74, 6) is -0.233. The van der Waals surface area contributed by atoms with Crippen LogP contribution in [-0.2, 0) is 9.53 Å². The number of carbonyl (C=O) groups excluding carboxylic acids is 1. The molecule has 0 saturated heterocycles. The summed E-state index contributed by atoms with van der Waals surface area (Å²) in [5, 5.41) is 11.1. The summed E-state index contributed by atoms with van der Waals surface area (Å²) >= 11 is 0. The van der Waals surface area contributed by atoms with Gasteiger partial charge in [0.1, 0.15) is 6.04 Å². The highest BCUT2D eigenvalue weighted by Crippen LogP contribution is 2.08. The van der Waals surface area contributed by atoms with Crippen molar-refractivity contribution >= 4 is 5.91 Å². The second-order valence-corrected chi connectivity index (χ2v) is 3.52. The van der Waals surface area contributed by atoms with Gasteiger partial charge in [-0.2, -0.15) is 0 Å². The van der Waals surface area contributed by atoms with Crippen molar-refractivity contribution in [2.75, 3.05) is 26.4 Å². The van der Waals surface area contributed by atoms with Gasteiger partial charge in [-0.3, -0.25) is 4.79 Å². The monoisotopic (exact) mass is 238 g/mol. The van der Waals surface area contributed by atoms with Crippen LogP contribution in [0.1, 0.15) is 11.6 Å². The fourth-order valence-corrected chi connectivity index (χ4v) is 1.33. The van der Waals surface area contributed by atoms with E-state index >= 15 is 0 Å². The third kappa shape index (κ3) is 4.95. The number of hydrogen-bond donors (Lipinski definition) is 3. The average Bonchev–Trinajstić information content (AvgIpc) is 2.38. The first-order valence-corrected chi connectivity index (χ1v) is 5.52. The molecule has 5 heteroatoms. The number of amides is 1. The first kappa shape index (κ1) is 13.6. The Balaban J connectivity index is 2.28. The molecule has 0 spiro atoms. The van der Waals surface area contributed by atoms with E-state index in [-0.39, 0.29) is 19.1 Å². The van der Waals surface area contributed by atoms with Crippen LogP contribution < -0.4 is 11.1 Å². The normalized spacial score (nSPS) is 12.1. The summed E-state index contributed by atoms with van der Waals surface area (Å²) in [6.45, 7) is 1.02. The summed E-state index contributed by atoms with van der Waals surface area (Å²) in [5.41, 5.74) is 6.57. The Labute approximate surface area is 101 Å². The van der Waals surface area contributed by atoms with Crippen LogP contribution in [0.15, 0.2) is 30.3 Å². The highest BCUT2D eigenvalue weighted by atomic mass is 16.5. The second kappa shape index (κ2) is 7.78. The van der Waals surface area contributed by atoms with Crippen molar-refractivity contribution in [1.82, 2.24) is 5.32 Å². The number of nitrogens with one attached hydrogen (secondary N) is 1. The molecule has 4 N–H and O–H groups in total. The van der Waals surface area contributed by atoms with Crippen molar-refractivity contribution in [2.24, 2.45) is 5.73 Å². The van der Waals surface area contributed by atoms with Gasteiger partial charge in [0.2, 0.25) is 5.91 Å². The molecule has 1 rings (SSSR count). The Morgan fingerprint density at radius 2 is 2.06 bits per heavy atom. The van der Waals surface area contributed by atoms with Gasteiger partial charge in [-0.15, -0.1) is 0 Å². The van der Waals surface area contributed by atoms with Gasteiger partial charge in [-0.1, -0.05) is 30.3 Å². The van der Waals surface area contributed by atoms with E-state index in [2.05, 4.69) is 5.32 Å². The molecular weight excluding hydrogens is 220 g/mol. The van der Waals surface area contributed by atoms with Crippen LogP contribution in [0.4, 0.5) is 0 Å². The van der Waals surface area contributed by atoms with Crippen molar-refractivity contribution in [3.05, 3.63) is 35.9 Å². The molecule has 1 amide bonds. The average molecular weight is 238 g/mol. The van der Waals surface area contributed by atoms with Crippen LogP contribution in [0, 0.1) is 0 Å². The molecule has 0 aliphatic heterocycles. The molecule has 0 radical (unpaired) electrons. The summed E-state index contributed by atoms with van der Waals surface area (Å²) < 4.78 is 5.01. The molecular formula is C12H18N2O3. The number of rotatable bonds is 7. The van der Waals surface area contributed by atoms with Crippen LogP contribution >= 0.6 is 0 Å². The Hall–Kier alpha value is -1.43. The van der Waals surface area contributed by atoms with Crippen LogP contribution in [-0.4, -0.2) is 37.4 Å². The van der Waals surface area contributed by atoms with E-state index in [9.17, 15) is 4.79 Å². The molecule has 0 aliphatic rings. The molecule has 5 nitrogen and oxygen atoms in total. The van der Waals surface area contributed by atoms with E-state index in [1.165, 1.54) is 0 Å². The number of ether oxygens (including phenoxy) is 1. The van der Waals surface area contributed by atoms with Crippen LogP contribution in [0.5, 0.6) is 0 Å². The zero-order chi connectivity index (χ0) is 12.5. The predicted molar refractivity (Wildman–Crippen MR) is 64.3 cm³/mol. The quantitative estimate of drug-likeness (QED) is 0.575. The first-order chi connectivity index (χ1) is 8.25. The zero-order valence-corrected chi connectivity index (χ0v) is 9.63. The predicted octanol–water partition coefficient (Wildman–Crippen LogP) is -0.188. The van der Waals surface area contributed by atoms with Crippen LogP contribution in [0.2, 0.25) is 0 Å². The molecule has 17 heavy (non-hydrogen) atoms. The number of nitrogens with two attached hydrogens (primary N) is 1. The van der Waals surface area contributed by atoms with E-state index in [4.69, 9.17) is 15.6 Å². The molecule has 0 bridgehead atoms. The number of hydrogen-bond acceptors (Lipinski definition) is 4. The fourth-order valence-electron chi connectivity index (χ4n) is 1.33. The minimum Gasteiger partial charge on any atom is -0.394 e. The molecule has 0 heterocycles. The smallest absolute Gasteiger partial charge is 0.241 e. The van der Waals surface area contributed by atoms with E-state index in [0.29, 0.717) is 13.2 Å². The fraction of sp³-hybridized carbons (Fsp3) is 0.417. The third-order valence-corrected chi connectivity index (χ3v) is 2.22. The molecule has 0 aromatic heterocycles. The lowest BCUT2D eigenvalue weighted by atomic mass is 10.1. The summed E-state index contributed by atoms with van der Waals surface area (Å²) in [6.07, 6.45) is 0. The number of aliphatic hydroxyl groups excluding tert-OH is 1. The topological polar surface area (TPSA) is 84.6 Å². The van der Waals surface area contributed by atoms with Gasteiger partial charge < -0.3 is 20.9 Å². The lowest BCUT2D eigenvalue weighted by Crippen LogP contribution is -2.36. The van der Waals surface area contributed by atoms with E-state index in [0.717, 1.165) is 5.56 Å². The SMILES string of the molecule is NC(C(=O)NCCOCCO)c1ccccc1. The van der Waals surface area contributed by atoms with Crippen molar-refractivity contribution in [3.63, 3.8) is 0 Å². The van der Waals surface area contributed by atoms with Gasteiger partial charge in [0.15, 0.2) is 0 Å². The van der Waals surface area contributed by atoms with Gasteiger partial charge in [-0.25, -0.2) is 0 Å². The molecule has 1 aromatic rings. The zero-order valence-electron chi connectivity index (χ0n) is 9.63.